The maximum absolute atomic E-state index is 13.6. The maximum Gasteiger partial charge on any atom is 0.332 e. The van der Waals surface area contributed by atoms with Crippen LogP contribution in [-0.2, 0) is 27.2 Å². The smallest absolute Gasteiger partial charge is 0.332 e. The third-order valence-electron chi connectivity index (χ3n) is 6.45. The molecule has 1 N–H and O–H groups in total. The lowest BCUT2D eigenvalue weighted by atomic mass is 10.1. The van der Waals surface area contributed by atoms with E-state index in [0.717, 1.165) is 42.1 Å². The Morgan fingerprint density at radius 3 is 2.72 bits per heavy atom. The fourth-order valence-electron chi connectivity index (χ4n) is 4.79. The van der Waals surface area contributed by atoms with Gasteiger partial charge in [0.1, 0.15) is 0 Å². The molecule has 3 aromatic rings. The number of allylic oxidation sites excluding steroid dienone is 2. The van der Waals surface area contributed by atoms with E-state index in [0.29, 0.717) is 35.5 Å². The number of hydrogen-bond acceptors (Lipinski definition) is 8. The van der Waals surface area contributed by atoms with Gasteiger partial charge in [-0.15, -0.1) is 10.2 Å². The van der Waals surface area contributed by atoms with Crippen LogP contribution >= 0.6 is 0 Å². The molecule has 32 heavy (non-hydrogen) atoms. The first-order chi connectivity index (χ1) is 15.3. The summed E-state index contributed by atoms with van der Waals surface area (Å²) in [6.45, 7) is 7.31. The minimum atomic E-state index is -0.449. The van der Waals surface area contributed by atoms with Gasteiger partial charge in [-0.2, -0.15) is 9.78 Å². The first kappa shape index (κ1) is 20.6. The van der Waals surface area contributed by atoms with Gasteiger partial charge in [0.15, 0.2) is 17.0 Å². The number of aryl methyl sites for hydroxylation is 2. The standard InChI is InChI=1S/C20H28N10O2/c1-12(2)5-7-29-16-17(22-19(29)28-8-6-13-9-21-10-14(13)28)26(3)20(32)30(18(16)31)11-15-23-25-27(4)24-15/h5,13-14,21H,6-11H2,1-4H3. The number of fused-ring (bicyclic) bond motifs is 2. The van der Waals surface area contributed by atoms with E-state index >= 15 is 0 Å². The molecule has 0 amide bonds. The van der Waals surface area contributed by atoms with E-state index in [1.807, 2.05) is 18.4 Å². The van der Waals surface area contributed by atoms with Crippen molar-refractivity contribution < 1.29 is 0 Å². The Labute approximate surface area is 184 Å². The van der Waals surface area contributed by atoms with E-state index in [-0.39, 0.29) is 6.54 Å². The zero-order chi connectivity index (χ0) is 22.6. The van der Waals surface area contributed by atoms with Gasteiger partial charge in [-0.05, 0) is 31.4 Å². The van der Waals surface area contributed by atoms with Gasteiger partial charge >= 0.3 is 5.69 Å². The van der Waals surface area contributed by atoms with Crippen LogP contribution in [0.3, 0.4) is 0 Å². The van der Waals surface area contributed by atoms with Gasteiger partial charge < -0.3 is 14.8 Å². The van der Waals surface area contributed by atoms with Crippen molar-refractivity contribution in [3.8, 4) is 0 Å². The molecule has 0 aromatic carbocycles. The Kier molecular flexibility index (Phi) is 4.96. The van der Waals surface area contributed by atoms with Crippen LogP contribution in [0.2, 0.25) is 0 Å². The highest BCUT2D eigenvalue weighted by molar-refractivity contribution is 5.75. The SMILES string of the molecule is CC(C)=CCn1c(N2CCC3CNCC32)nc2c1c(=O)n(Cc1nnn(C)n1)c(=O)n2C. The summed E-state index contributed by atoms with van der Waals surface area (Å²) in [7, 11) is 3.29. The van der Waals surface area contributed by atoms with Gasteiger partial charge in [-0.1, -0.05) is 11.6 Å². The van der Waals surface area contributed by atoms with E-state index in [9.17, 15) is 9.59 Å². The highest BCUT2D eigenvalue weighted by Crippen LogP contribution is 2.32. The zero-order valence-corrected chi connectivity index (χ0v) is 18.8. The fraction of sp³-hybridized carbons (Fsp3) is 0.600. The molecule has 12 heteroatoms. The van der Waals surface area contributed by atoms with Gasteiger partial charge in [-0.3, -0.25) is 13.9 Å². The predicted molar refractivity (Wildman–Crippen MR) is 119 cm³/mol. The molecule has 5 heterocycles. The van der Waals surface area contributed by atoms with Crippen molar-refractivity contribution in [3.05, 3.63) is 38.3 Å². The highest BCUT2D eigenvalue weighted by atomic mass is 16.2. The van der Waals surface area contributed by atoms with Crippen molar-refractivity contribution in [2.24, 2.45) is 20.0 Å². The number of hydrogen-bond donors (Lipinski definition) is 1. The van der Waals surface area contributed by atoms with E-state index < -0.39 is 11.2 Å². The molecule has 0 bridgehead atoms. The Morgan fingerprint density at radius 1 is 1.19 bits per heavy atom. The van der Waals surface area contributed by atoms with Crippen molar-refractivity contribution in [3.63, 3.8) is 0 Å². The molecule has 0 aliphatic carbocycles. The third-order valence-corrected chi connectivity index (χ3v) is 6.45. The Hall–Kier alpha value is -3.28. The molecule has 2 atom stereocenters. The molecule has 2 saturated heterocycles. The molecule has 5 rings (SSSR count). The number of nitrogens with one attached hydrogen (secondary N) is 1. The summed E-state index contributed by atoms with van der Waals surface area (Å²) in [6.07, 6.45) is 3.16. The lowest BCUT2D eigenvalue weighted by Gasteiger charge is -2.25. The fourth-order valence-corrected chi connectivity index (χ4v) is 4.79. The van der Waals surface area contributed by atoms with Crippen molar-refractivity contribution >= 4 is 17.1 Å². The topological polar surface area (TPSA) is 121 Å². The molecule has 0 radical (unpaired) electrons. The second kappa shape index (κ2) is 7.69. The quantitative estimate of drug-likeness (QED) is 0.514. The monoisotopic (exact) mass is 440 g/mol. The lowest BCUT2D eigenvalue weighted by Crippen LogP contribution is -2.40. The Bertz CT molecular complexity index is 1320. The van der Waals surface area contributed by atoms with E-state index in [1.165, 1.54) is 9.36 Å². The number of aromatic nitrogens is 8. The number of tetrazole rings is 1. The second-order valence-corrected chi connectivity index (χ2v) is 8.87. The molecule has 0 spiro atoms. The van der Waals surface area contributed by atoms with Crippen LogP contribution in [0, 0.1) is 5.92 Å². The van der Waals surface area contributed by atoms with Crippen LogP contribution in [0.25, 0.3) is 11.2 Å². The molecule has 0 saturated carbocycles. The predicted octanol–water partition coefficient (Wildman–Crippen LogP) is -0.767. The largest absolute Gasteiger partial charge is 0.338 e. The molecule has 3 aromatic heterocycles. The summed E-state index contributed by atoms with van der Waals surface area (Å²) in [5, 5.41) is 15.3. The number of anilines is 1. The average molecular weight is 441 g/mol. The Balaban J connectivity index is 1.71. The molecular weight excluding hydrogens is 412 g/mol. The summed E-state index contributed by atoms with van der Waals surface area (Å²) in [5.41, 5.74) is 1.12. The van der Waals surface area contributed by atoms with Crippen LogP contribution in [0.4, 0.5) is 5.95 Å². The molecule has 2 unspecified atom stereocenters. The summed E-state index contributed by atoms with van der Waals surface area (Å²) < 4.78 is 4.55. The first-order valence-corrected chi connectivity index (χ1v) is 10.9. The molecule has 170 valence electrons. The van der Waals surface area contributed by atoms with Crippen LogP contribution in [0.5, 0.6) is 0 Å². The zero-order valence-electron chi connectivity index (χ0n) is 18.8. The average Bonchev–Trinajstić information content (AvgIpc) is 3.51. The number of rotatable bonds is 5. The number of nitrogens with zero attached hydrogens (tertiary/aromatic N) is 9. The van der Waals surface area contributed by atoms with Gasteiger partial charge in [-0.25, -0.2) is 4.79 Å². The minimum Gasteiger partial charge on any atom is -0.338 e. The second-order valence-electron chi connectivity index (χ2n) is 8.87. The van der Waals surface area contributed by atoms with Crippen LogP contribution in [0.15, 0.2) is 21.2 Å². The summed E-state index contributed by atoms with van der Waals surface area (Å²) in [4.78, 5) is 35.1. The molecule has 2 aliphatic rings. The molecule has 2 aliphatic heterocycles. The van der Waals surface area contributed by atoms with Crippen LogP contribution in [0.1, 0.15) is 26.1 Å². The summed E-state index contributed by atoms with van der Waals surface area (Å²) in [6, 6.07) is 0.348. The van der Waals surface area contributed by atoms with Crippen molar-refractivity contribution in [1.29, 1.82) is 0 Å². The minimum absolute atomic E-state index is 0.0449. The Morgan fingerprint density at radius 2 is 2.00 bits per heavy atom. The number of imidazole rings is 1. The van der Waals surface area contributed by atoms with E-state index in [4.69, 9.17) is 4.98 Å². The van der Waals surface area contributed by atoms with E-state index in [1.54, 1.807) is 14.1 Å². The highest BCUT2D eigenvalue weighted by Gasteiger charge is 2.40. The van der Waals surface area contributed by atoms with Crippen LogP contribution < -0.4 is 21.5 Å². The normalized spacial score (nSPS) is 20.3. The van der Waals surface area contributed by atoms with Gasteiger partial charge in [0, 0.05) is 39.3 Å². The summed E-state index contributed by atoms with van der Waals surface area (Å²) in [5.74, 6) is 1.63. The van der Waals surface area contributed by atoms with Crippen molar-refractivity contribution in [2.45, 2.75) is 39.4 Å². The molecule has 2 fully saturated rings. The van der Waals surface area contributed by atoms with Crippen LogP contribution in [-0.4, -0.2) is 64.6 Å². The first-order valence-electron chi connectivity index (χ1n) is 10.9. The third kappa shape index (κ3) is 3.25. The summed E-state index contributed by atoms with van der Waals surface area (Å²) >= 11 is 0. The van der Waals surface area contributed by atoms with Gasteiger partial charge in [0.2, 0.25) is 5.95 Å². The molecular formula is C20H28N10O2. The van der Waals surface area contributed by atoms with Gasteiger partial charge in [0.25, 0.3) is 5.56 Å². The van der Waals surface area contributed by atoms with Gasteiger partial charge in [0.05, 0.1) is 13.6 Å². The van der Waals surface area contributed by atoms with Crippen molar-refractivity contribution in [2.75, 3.05) is 24.5 Å². The molecule has 12 nitrogen and oxygen atoms in total. The maximum atomic E-state index is 13.6. The van der Waals surface area contributed by atoms with Crippen molar-refractivity contribution in [1.82, 2.24) is 44.2 Å². The lowest BCUT2D eigenvalue weighted by molar-refractivity contribution is 0.573. The van der Waals surface area contributed by atoms with E-state index in [2.05, 4.69) is 31.7 Å².